The topological polar surface area (TPSA) is 41.6 Å². The molecule has 2 heterocycles. The van der Waals surface area contributed by atoms with Gasteiger partial charge in [0.15, 0.2) is 6.10 Å². The van der Waals surface area contributed by atoms with E-state index in [0.717, 1.165) is 31.9 Å². The van der Waals surface area contributed by atoms with Gasteiger partial charge in [0.2, 0.25) is 0 Å². The number of benzene rings is 1. The van der Waals surface area contributed by atoms with Gasteiger partial charge >= 0.3 is 0 Å². The summed E-state index contributed by atoms with van der Waals surface area (Å²) in [6, 6.07) is 6.13. The number of carbonyl (C=O) groups is 1. The van der Waals surface area contributed by atoms with Gasteiger partial charge in [-0.25, -0.2) is 0 Å². The monoisotopic (exact) mass is 352 g/mol. The van der Waals surface area contributed by atoms with Crippen molar-refractivity contribution >= 4 is 18.3 Å². The quantitative estimate of drug-likeness (QED) is 0.905. The zero-order valence-electron chi connectivity index (χ0n) is 15.0. The van der Waals surface area contributed by atoms with Crippen molar-refractivity contribution in [3.05, 3.63) is 29.3 Å². The third-order valence-electron chi connectivity index (χ3n) is 5.23. The average Bonchev–Trinajstić information content (AvgIpc) is 3.07. The van der Waals surface area contributed by atoms with E-state index in [0.29, 0.717) is 17.8 Å². The average molecular weight is 353 g/mol. The zero-order valence-corrected chi connectivity index (χ0v) is 15.9. The van der Waals surface area contributed by atoms with Crippen LogP contribution in [0.25, 0.3) is 0 Å². The third kappa shape index (κ3) is 3.86. The fourth-order valence-corrected chi connectivity index (χ4v) is 3.92. The number of ether oxygens (including phenoxy) is 1. The highest BCUT2D eigenvalue weighted by Crippen LogP contribution is 2.28. The van der Waals surface area contributed by atoms with Gasteiger partial charge in [-0.2, -0.15) is 0 Å². The first kappa shape index (κ1) is 19.1. The SMILES string of the molecule is Cc1cc(OC(C)C(=O)N2C[C@H]3CNC[C@H]3C2)ccc1C(C)C.Cl. The largest absolute Gasteiger partial charge is 0.481 e. The van der Waals surface area contributed by atoms with Crippen LogP contribution in [-0.4, -0.2) is 43.1 Å². The van der Waals surface area contributed by atoms with Crippen molar-refractivity contribution in [3.63, 3.8) is 0 Å². The molecule has 24 heavy (non-hydrogen) atoms. The molecule has 4 nitrogen and oxygen atoms in total. The second-order valence-corrected chi connectivity index (χ2v) is 7.35. The number of nitrogens with one attached hydrogen (secondary N) is 1. The number of amides is 1. The van der Waals surface area contributed by atoms with Crippen LogP contribution in [0.2, 0.25) is 0 Å². The van der Waals surface area contributed by atoms with Gasteiger partial charge in [-0.1, -0.05) is 19.9 Å². The highest BCUT2D eigenvalue weighted by atomic mass is 35.5. The van der Waals surface area contributed by atoms with Crippen LogP contribution in [0.1, 0.15) is 37.8 Å². The predicted octanol–water partition coefficient (Wildman–Crippen LogP) is 2.99. The Labute approximate surface area is 151 Å². The van der Waals surface area contributed by atoms with Crippen LogP contribution in [0, 0.1) is 18.8 Å². The Morgan fingerprint density at radius 3 is 2.38 bits per heavy atom. The molecule has 2 fully saturated rings. The molecule has 1 unspecified atom stereocenters. The van der Waals surface area contributed by atoms with E-state index < -0.39 is 6.10 Å². The first-order valence-corrected chi connectivity index (χ1v) is 8.72. The zero-order chi connectivity index (χ0) is 16.6. The molecular weight excluding hydrogens is 324 g/mol. The van der Waals surface area contributed by atoms with Crippen molar-refractivity contribution in [2.45, 2.75) is 39.7 Å². The summed E-state index contributed by atoms with van der Waals surface area (Å²) in [4.78, 5) is 14.6. The third-order valence-corrected chi connectivity index (χ3v) is 5.23. The summed E-state index contributed by atoms with van der Waals surface area (Å²) >= 11 is 0. The number of hydrogen-bond acceptors (Lipinski definition) is 3. The molecule has 0 saturated carbocycles. The lowest BCUT2D eigenvalue weighted by molar-refractivity contribution is -0.137. The van der Waals surface area contributed by atoms with Crippen molar-refractivity contribution in [1.29, 1.82) is 0 Å². The highest BCUT2D eigenvalue weighted by molar-refractivity contribution is 5.85. The molecule has 2 saturated heterocycles. The molecule has 0 aromatic heterocycles. The molecule has 134 valence electrons. The molecule has 1 N–H and O–H groups in total. The van der Waals surface area contributed by atoms with Crippen LogP contribution in [-0.2, 0) is 4.79 Å². The van der Waals surface area contributed by atoms with Crippen molar-refractivity contribution in [2.24, 2.45) is 11.8 Å². The van der Waals surface area contributed by atoms with Gasteiger partial charge in [0, 0.05) is 26.2 Å². The number of carbonyl (C=O) groups excluding carboxylic acids is 1. The van der Waals surface area contributed by atoms with Crippen molar-refractivity contribution in [1.82, 2.24) is 10.2 Å². The van der Waals surface area contributed by atoms with E-state index >= 15 is 0 Å². The number of likely N-dealkylation sites (tertiary alicyclic amines) is 1. The highest BCUT2D eigenvalue weighted by Gasteiger charge is 2.39. The van der Waals surface area contributed by atoms with Crippen molar-refractivity contribution in [3.8, 4) is 5.75 Å². The number of aryl methyl sites for hydroxylation is 1. The Morgan fingerprint density at radius 2 is 1.83 bits per heavy atom. The first-order valence-electron chi connectivity index (χ1n) is 8.72. The standard InChI is InChI=1S/C19H28N2O2.ClH/c1-12(2)18-6-5-17(7-13(18)3)23-14(4)19(22)21-10-15-8-20-9-16(15)11-21;/h5-7,12,14-16,20H,8-11H2,1-4H3;1H/t14?,15-,16+;. The van der Waals surface area contributed by atoms with Crippen LogP contribution in [0.15, 0.2) is 18.2 Å². The van der Waals surface area contributed by atoms with Gasteiger partial charge in [-0.15, -0.1) is 12.4 Å². The van der Waals surface area contributed by atoms with E-state index in [1.54, 1.807) is 0 Å². The minimum absolute atomic E-state index is 0. The van der Waals surface area contributed by atoms with Crippen LogP contribution in [0.3, 0.4) is 0 Å². The van der Waals surface area contributed by atoms with Gasteiger partial charge in [0.25, 0.3) is 5.91 Å². The maximum absolute atomic E-state index is 12.6. The first-order chi connectivity index (χ1) is 11.0. The van der Waals surface area contributed by atoms with E-state index in [1.807, 2.05) is 24.0 Å². The predicted molar refractivity (Wildman–Crippen MR) is 99.0 cm³/mol. The van der Waals surface area contributed by atoms with Crippen LogP contribution in [0.4, 0.5) is 0 Å². The fraction of sp³-hybridized carbons (Fsp3) is 0.632. The molecule has 0 bridgehead atoms. The molecule has 5 heteroatoms. The molecule has 3 atom stereocenters. The van der Waals surface area contributed by atoms with Gasteiger partial charge in [0.05, 0.1) is 0 Å². The van der Waals surface area contributed by atoms with Crippen molar-refractivity contribution < 1.29 is 9.53 Å². The van der Waals surface area contributed by atoms with Gasteiger partial charge in [0.1, 0.15) is 5.75 Å². The molecule has 1 aromatic rings. The Morgan fingerprint density at radius 1 is 1.21 bits per heavy atom. The molecule has 1 amide bonds. The molecule has 2 aliphatic rings. The Hall–Kier alpha value is -1.26. The molecule has 0 radical (unpaired) electrons. The lowest BCUT2D eigenvalue weighted by atomic mass is 9.98. The smallest absolute Gasteiger partial charge is 0.263 e. The molecule has 2 aliphatic heterocycles. The van der Waals surface area contributed by atoms with Gasteiger partial charge < -0.3 is 15.0 Å². The minimum atomic E-state index is -0.425. The lowest BCUT2D eigenvalue weighted by Gasteiger charge is -2.23. The molecule has 1 aromatic carbocycles. The Balaban J connectivity index is 0.00000208. The lowest BCUT2D eigenvalue weighted by Crippen LogP contribution is -2.40. The second kappa shape index (κ2) is 7.75. The molecule has 0 aliphatic carbocycles. The van der Waals surface area contributed by atoms with Gasteiger partial charge in [-0.05, 0) is 54.9 Å². The summed E-state index contributed by atoms with van der Waals surface area (Å²) in [6.07, 6.45) is -0.425. The van der Waals surface area contributed by atoms with E-state index in [2.05, 4.69) is 32.2 Å². The number of nitrogens with zero attached hydrogens (tertiary/aromatic N) is 1. The summed E-state index contributed by atoms with van der Waals surface area (Å²) in [5, 5.41) is 3.40. The molecule has 0 spiro atoms. The van der Waals surface area contributed by atoms with Gasteiger partial charge in [-0.3, -0.25) is 4.79 Å². The summed E-state index contributed by atoms with van der Waals surface area (Å²) in [7, 11) is 0. The minimum Gasteiger partial charge on any atom is -0.481 e. The summed E-state index contributed by atoms with van der Waals surface area (Å²) in [6.45, 7) is 12.2. The van der Waals surface area contributed by atoms with E-state index in [1.165, 1.54) is 11.1 Å². The van der Waals surface area contributed by atoms with Crippen LogP contribution in [0.5, 0.6) is 5.75 Å². The van der Waals surface area contributed by atoms with Crippen LogP contribution < -0.4 is 10.1 Å². The normalized spacial score (nSPS) is 23.8. The molecular formula is C19H29ClN2O2. The maximum atomic E-state index is 12.6. The summed E-state index contributed by atoms with van der Waals surface area (Å²) in [5.41, 5.74) is 2.55. The van der Waals surface area contributed by atoms with Crippen LogP contribution >= 0.6 is 12.4 Å². The number of halogens is 1. The number of fused-ring (bicyclic) bond motifs is 1. The summed E-state index contributed by atoms with van der Waals surface area (Å²) in [5.74, 6) is 2.65. The fourth-order valence-electron chi connectivity index (χ4n) is 3.92. The Bertz CT molecular complexity index is 579. The van der Waals surface area contributed by atoms with E-state index in [9.17, 15) is 4.79 Å². The van der Waals surface area contributed by atoms with Crippen molar-refractivity contribution in [2.75, 3.05) is 26.2 Å². The van der Waals surface area contributed by atoms with E-state index in [4.69, 9.17) is 4.74 Å². The van der Waals surface area contributed by atoms with E-state index in [-0.39, 0.29) is 18.3 Å². The second-order valence-electron chi connectivity index (χ2n) is 7.35. The number of rotatable bonds is 4. The maximum Gasteiger partial charge on any atom is 0.263 e. The Kier molecular flexibility index (Phi) is 6.16. The molecule has 3 rings (SSSR count). The summed E-state index contributed by atoms with van der Waals surface area (Å²) < 4.78 is 5.92. The number of hydrogen-bond donors (Lipinski definition) is 1.